The summed E-state index contributed by atoms with van der Waals surface area (Å²) in [6, 6.07) is 7.58. The molecule has 1 aromatic carbocycles. The lowest BCUT2D eigenvalue weighted by molar-refractivity contribution is 0.152. The van der Waals surface area contributed by atoms with E-state index in [1.54, 1.807) is 7.11 Å². The molecule has 21 heavy (non-hydrogen) atoms. The summed E-state index contributed by atoms with van der Waals surface area (Å²) in [6.45, 7) is 2.21. The number of ether oxygens (including phenoxy) is 2. The van der Waals surface area contributed by atoms with Crippen LogP contribution in [-0.4, -0.2) is 48.8 Å². The van der Waals surface area contributed by atoms with Gasteiger partial charge in [0.25, 0.3) is 0 Å². The van der Waals surface area contributed by atoms with Crippen LogP contribution in [-0.2, 0) is 0 Å². The molecule has 0 bridgehead atoms. The molecule has 0 aromatic heterocycles. The molecule has 0 spiro atoms. The van der Waals surface area contributed by atoms with Gasteiger partial charge in [-0.2, -0.15) is 0 Å². The van der Waals surface area contributed by atoms with Gasteiger partial charge in [0.05, 0.1) is 13.2 Å². The molecule has 1 heterocycles. The summed E-state index contributed by atoms with van der Waals surface area (Å²) in [5, 5.41) is 12.0. The highest BCUT2D eigenvalue weighted by Crippen LogP contribution is 2.26. The Kier molecular flexibility index (Phi) is 5.68. The summed E-state index contributed by atoms with van der Waals surface area (Å²) in [7, 11) is 1.63. The third-order valence-electron chi connectivity index (χ3n) is 3.78. The summed E-state index contributed by atoms with van der Waals surface area (Å²) >= 11 is 0. The first-order valence-electron chi connectivity index (χ1n) is 7.23. The van der Waals surface area contributed by atoms with Gasteiger partial charge >= 0.3 is 0 Å². The minimum atomic E-state index is 0.00465. The lowest BCUT2D eigenvalue weighted by Gasteiger charge is -2.34. The van der Waals surface area contributed by atoms with Crippen molar-refractivity contribution in [3.63, 3.8) is 0 Å². The largest absolute Gasteiger partial charge is 0.493 e. The van der Waals surface area contributed by atoms with Gasteiger partial charge in [-0.25, -0.2) is 0 Å². The number of amidine groups is 1. The maximum atomic E-state index is 8.87. The molecule has 6 heteroatoms. The predicted octanol–water partition coefficient (Wildman–Crippen LogP) is 1.67. The maximum Gasteiger partial charge on any atom is 0.161 e. The van der Waals surface area contributed by atoms with Crippen LogP contribution in [0.3, 0.4) is 0 Å². The molecule has 0 radical (unpaired) electrons. The number of oxime groups is 1. The van der Waals surface area contributed by atoms with Gasteiger partial charge in [-0.05, 0) is 31.5 Å². The first kappa shape index (κ1) is 15.4. The van der Waals surface area contributed by atoms with E-state index in [9.17, 15) is 0 Å². The van der Waals surface area contributed by atoms with E-state index in [1.165, 1.54) is 0 Å². The Balaban J connectivity index is 1.89. The number of nitrogens with two attached hydrogens (primary N) is 1. The number of rotatable bonds is 6. The first-order chi connectivity index (χ1) is 10.3. The Morgan fingerprint density at radius 1 is 1.38 bits per heavy atom. The van der Waals surface area contributed by atoms with Gasteiger partial charge in [-0.15, -0.1) is 0 Å². The number of benzene rings is 1. The van der Waals surface area contributed by atoms with Crippen molar-refractivity contribution >= 4 is 5.84 Å². The summed E-state index contributed by atoms with van der Waals surface area (Å²) in [4.78, 5) is 2.20. The standard InChI is InChI=1S/C15H23N3O3/c1-20-13-7-2-3-8-14(13)21-11-10-18-9-5-4-6-12(18)15(16)17-19/h2-3,7-8,12,19H,4-6,9-11H2,1H3,(H2,16,17). The molecule has 6 nitrogen and oxygen atoms in total. The lowest BCUT2D eigenvalue weighted by atomic mass is 10.0. The van der Waals surface area contributed by atoms with Crippen molar-refractivity contribution in [1.29, 1.82) is 0 Å². The van der Waals surface area contributed by atoms with E-state index in [0.717, 1.165) is 43.9 Å². The van der Waals surface area contributed by atoms with Crippen LogP contribution in [0.2, 0.25) is 0 Å². The number of methoxy groups -OCH3 is 1. The van der Waals surface area contributed by atoms with Gasteiger partial charge in [0, 0.05) is 6.54 Å². The van der Waals surface area contributed by atoms with Crippen molar-refractivity contribution in [2.75, 3.05) is 26.8 Å². The Bertz CT molecular complexity index is 479. The fraction of sp³-hybridized carbons (Fsp3) is 0.533. The van der Waals surface area contributed by atoms with E-state index in [1.807, 2.05) is 24.3 Å². The molecule has 1 atom stereocenters. The van der Waals surface area contributed by atoms with Crippen LogP contribution in [0.4, 0.5) is 0 Å². The van der Waals surface area contributed by atoms with Gasteiger partial charge in [-0.1, -0.05) is 23.7 Å². The van der Waals surface area contributed by atoms with Crippen LogP contribution >= 0.6 is 0 Å². The molecule has 1 saturated heterocycles. The number of piperidine rings is 1. The van der Waals surface area contributed by atoms with Crippen molar-refractivity contribution in [3.05, 3.63) is 24.3 Å². The first-order valence-corrected chi connectivity index (χ1v) is 7.23. The Morgan fingerprint density at radius 2 is 2.14 bits per heavy atom. The van der Waals surface area contributed by atoms with Crippen molar-refractivity contribution in [1.82, 2.24) is 4.90 Å². The van der Waals surface area contributed by atoms with E-state index in [0.29, 0.717) is 6.61 Å². The minimum Gasteiger partial charge on any atom is -0.493 e. The molecule has 0 amide bonds. The molecule has 0 aliphatic carbocycles. The van der Waals surface area contributed by atoms with Gasteiger partial charge < -0.3 is 20.4 Å². The highest BCUT2D eigenvalue weighted by molar-refractivity contribution is 5.85. The van der Waals surface area contributed by atoms with Crippen LogP contribution in [0.15, 0.2) is 29.4 Å². The number of para-hydroxylation sites is 2. The molecule has 116 valence electrons. The number of hydrogen-bond donors (Lipinski definition) is 2. The molecular formula is C15H23N3O3. The summed E-state index contributed by atoms with van der Waals surface area (Å²) in [5.41, 5.74) is 5.76. The molecule has 1 fully saturated rings. The quantitative estimate of drug-likeness (QED) is 0.361. The van der Waals surface area contributed by atoms with Crippen molar-refractivity contribution in [2.45, 2.75) is 25.3 Å². The van der Waals surface area contributed by atoms with Crippen LogP contribution in [0, 0.1) is 0 Å². The van der Waals surface area contributed by atoms with E-state index in [4.69, 9.17) is 20.4 Å². The van der Waals surface area contributed by atoms with E-state index >= 15 is 0 Å². The van der Waals surface area contributed by atoms with Crippen LogP contribution in [0.5, 0.6) is 11.5 Å². The smallest absolute Gasteiger partial charge is 0.161 e. The van der Waals surface area contributed by atoms with Gasteiger partial charge in [0.1, 0.15) is 6.61 Å². The molecule has 1 aromatic rings. The zero-order chi connectivity index (χ0) is 15.1. The normalized spacial score (nSPS) is 20.2. The number of hydrogen-bond acceptors (Lipinski definition) is 5. The monoisotopic (exact) mass is 293 g/mol. The van der Waals surface area contributed by atoms with E-state index in [-0.39, 0.29) is 11.9 Å². The third kappa shape index (κ3) is 4.01. The number of nitrogens with zero attached hydrogens (tertiary/aromatic N) is 2. The van der Waals surface area contributed by atoms with Crippen LogP contribution < -0.4 is 15.2 Å². The second-order valence-corrected chi connectivity index (χ2v) is 5.07. The highest BCUT2D eigenvalue weighted by atomic mass is 16.5. The highest BCUT2D eigenvalue weighted by Gasteiger charge is 2.25. The zero-order valence-electron chi connectivity index (χ0n) is 12.4. The Hall–Kier alpha value is -1.95. The van der Waals surface area contributed by atoms with E-state index < -0.39 is 0 Å². The summed E-state index contributed by atoms with van der Waals surface area (Å²) in [5.74, 6) is 1.74. The summed E-state index contributed by atoms with van der Waals surface area (Å²) < 4.78 is 11.0. The molecule has 0 saturated carbocycles. The second kappa shape index (κ2) is 7.73. The number of likely N-dealkylation sites (tertiary alicyclic amines) is 1. The van der Waals surface area contributed by atoms with Crippen molar-refractivity contribution in [3.8, 4) is 11.5 Å². The average Bonchev–Trinajstić information content (AvgIpc) is 2.55. The molecule has 1 unspecified atom stereocenters. The van der Waals surface area contributed by atoms with E-state index in [2.05, 4.69) is 10.1 Å². The lowest BCUT2D eigenvalue weighted by Crippen LogP contribution is -2.49. The zero-order valence-corrected chi connectivity index (χ0v) is 12.4. The third-order valence-corrected chi connectivity index (χ3v) is 3.78. The fourth-order valence-corrected chi connectivity index (χ4v) is 2.67. The SMILES string of the molecule is COc1ccccc1OCCN1CCCCC1C(N)=NO. The average molecular weight is 293 g/mol. The molecule has 2 rings (SSSR count). The molecule has 3 N–H and O–H groups in total. The van der Waals surface area contributed by atoms with Gasteiger partial charge in [-0.3, -0.25) is 4.90 Å². The molecule has 1 aliphatic heterocycles. The Morgan fingerprint density at radius 3 is 2.86 bits per heavy atom. The summed E-state index contributed by atoms with van der Waals surface area (Å²) in [6.07, 6.45) is 3.15. The van der Waals surface area contributed by atoms with Gasteiger partial charge in [0.15, 0.2) is 17.3 Å². The molecule has 1 aliphatic rings. The second-order valence-electron chi connectivity index (χ2n) is 5.07. The predicted molar refractivity (Wildman–Crippen MR) is 81.1 cm³/mol. The van der Waals surface area contributed by atoms with Gasteiger partial charge in [0.2, 0.25) is 0 Å². The topological polar surface area (TPSA) is 80.3 Å². The maximum absolute atomic E-state index is 8.87. The Labute approximate surface area is 125 Å². The van der Waals surface area contributed by atoms with Crippen molar-refractivity contribution < 1.29 is 14.7 Å². The minimum absolute atomic E-state index is 0.00465. The fourth-order valence-electron chi connectivity index (χ4n) is 2.67. The van der Waals surface area contributed by atoms with Crippen LogP contribution in [0.1, 0.15) is 19.3 Å². The molecular weight excluding hydrogens is 270 g/mol. The van der Waals surface area contributed by atoms with Crippen LogP contribution in [0.25, 0.3) is 0 Å². The van der Waals surface area contributed by atoms with Crippen molar-refractivity contribution in [2.24, 2.45) is 10.9 Å².